The molecule has 0 atom stereocenters. The molecule has 0 fully saturated rings. The van der Waals surface area contributed by atoms with E-state index < -0.39 is 0 Å². The van der Waals surface area contributed by atoms with E-state index in [9.17, 15) is 4.79 Å². The summed E-state index contributed by atoms with van der Waals surface area (Å²) in [5.74, 6) is 0. The summed E-state index contributed by atoms with van der Waals surface area (Å²) in [5.41, 5.74) is 6.41. The van der Waals surface area contributed by atoms with Crippen molar-refractivity contribution in [1.29, 1.82) is 0 Å². The molecule has 2 N–H and O–H groups in total. The predicted molar refractivity (Wildman–Crippen MR) is 79.8 cm³/mol. The van der Waals surface area contributed by atoms with Gasteiger partial charge in [-0.1, -0.05) is 19.9 Å². The fraction of sp³-hybridized carbons (Fsp3) is 0.571. The summed E-state index contributed by atoms with van der Waals surface area (Å²) in [4.78, 5) is 14.3. The van der Waals surface area contributed by atoms with Crippen molar-refractivity contribution in [3.63, 3.8) is 0 Å². The third-order valence-corrected chi connectivity index (χ3v) is 3.43. The van der Waals surface area contributed by atoms with Gasteiger partial charge in [-0.25, -0.2) is 9.48 Å². The maximum Gasteiger partial charge on any atom is 0.350 e. The normalized spacial score (nSPS) is 12.4. The third-order valence-electron chi connectivity index (χ3n) is 3.43. The van der Waals surface area contributed by atoms with Crippen LogP contribution in [0.3, 0.4) is 0 Å². The molecule has 6 nitrogen and oxygen atoms in total. The quantitative estimate of drug-likeness (QED) is 0.830. The Hall–Kier alpha value is -1.66. The molecule has 0 saturated heterocycles. The summed E-state index contributed by atoms with van der Waals surface area (Å²) in [6, 6.07) is 5.54. The molecule has 2 aromatic rings. The first-order valence-corrected chi connectivity index (χ1v) is 6.86. The lowest BCUT2D eigenvalue weighted by Gasteiger charge is -2.28. The summed E-state index contributed by atoms with van der Waals surface area (Å²) in [7, 11) is 2.04. The Morgan fingerprint density at radius 3 is 2.80 bits per heavy atom. The van der Waals surface area contributed by atoms with E-state index in [1.54, 1.807) is 10.6 Å². The maximum atomic E-state index is 12.1. The first-order chi connectivity index (χ1) is 9.43. The van der Waals surface area contributed by atoms with Crippen molar-refractivity contribution in [3.05, 3.63) is 34.9 Å². The average molecular weight is 277 g/mol. The molecule has 0 aliphatic carbocycles. The van der Waals surface area contributed by atoms with Gasteiger partial charge in [0.15, 0.2) is 5.65 Å². The monoisotopic (exact) mass is 277 g/mol. The van der Waals surface area contributed by atoms with Crippen LogP contribution in [0.25, 0.3) is 5.65 Å². The number of aromatic nitrogens is 3. The molecule has 0 saturated carbocycles. The lowest BCUT2D eigenvalue weighted by Crippen LogP contribution is -2.38. The molecular weight excluding hydrogens is 254 g/mol. The highest BCUT2D eigenvalue weighted by Gasteiger charge is 2.18. The molecule has 0 aromatic carbocycles. The fourth-order valence-corrected chi connectivity index (χ4v) is 2.25. The second kappa shape index (κ2) is 5.76. The number of rotatable bonds is 6. The number of likely N-dealkylation sites (N-methyl/N-ethyl adjacent to an activating group) is 1. The van der Waals surface area contributed by atoms with Crippen molar-refractivity contribution < 1.29 is 0 Å². The number of pyridine rings is 1. The molecule has 2 heterocycles. The van der Waals surface area contributed by atoms with Crippen molar-refractivity contribution in [2.75, 3.05) is 26.7 Å². The molecule has 20 heavy (non-hydrogen) atoms. The van der Waals surface area contributed by atoms with Gasteiger partial charge in [0.1, 0.15) is 0 Å². The van der Waals surface area contributed by atoms with Gasteiger partial charge in [0.2, 0.25) is 0 Å². The van der Waals surface area contributed by atoms with Crippen LogP contribution in [0.5, 0.6) is 0 Å². The number of nitrogens with two attached hydrogens (primary N) is 1. The van der Waals surface area contributed by atoms with Crippen LogP contribution in [-0.4, -0.2) is 45.8 Å². The van der Waals surface area contributed by atoms with Crippen LogP contribution < -0.4 is 11.4 Å². The number of hydrogen-bond donors (Lipinski definition) is 1. The molecule has 0 spiro atoms. The minimum Gasteiger partial charge on any atom is -0.330 e. The van der Waals surface area contributed by atoms with Crippen molar-refractivity contribution in [2.24, 2.45) is 11.1 Å². The number of fused-ring (bicyclic) bond motifs is 1. The SMILES string of the molecule is CN(CCn1nc2ccccn2c1=O)CC(C)(C)CN. The zero-order chi connectivity index (χ0) is 14.8. The van der Waals surface area contributed by atoms with Crippen LogP contribution in [-0.2, 0) is 6.54 Å². The Bertz CT molecular complexity index is 628. The van der Waals surface area contributed by atoms with Crippen LogP contribution in [0.2, 0.25) is 0 Å². The van der Waals surface area contributed by atoms with Crippen LogP contribution in [0.1, 0.15) is 13.8 Å². The van der Waals surface area contributed by atoms with E-state index in [2.05, 4.69) is 23.8 Å². The van der Waals surface area contributed by atoms with Crippen molar-refractivity contribution in [3.8, 4) is 0 Å². The second-order valence-corrected chi connectivity index (χ2v) is 6.04. The molecule has 6 heteroatoms. The van der Waals surface area contributed by atoms with Crippen molar-refractivity contribution >= 4 is 5.65 Å². The lowest BCUT2D eigenvalue weighted by atomic mass is 9.93. The van der Waals surface area contributed by atoms with E-state index in [0.29, 0.717) is 18.7 Å². The minimum atomic E-state index is -0.0907. The molecule has 0 unspecified atom stereocenters. The Morgan fingerprint density at radius 2 is 2.15 bits per heavy atom. The lowest BCUT2D eigenvalue weighted by molar-refractivity contribution is 0.207. The number of hydrogen-bond acceptors (Lipinski definition) is 4. The van der Waals surface area contributed by atoms with Gasteiger partial charge in [-0.3, -0.25) is 4.40 Å². The van der Waals surface area contributed by atoms with E-state index in [1.807, 2.05) is 25.2 Å². The molecule has 0 amide bonds. The second-order valence-electron chi connectivity index (χ2n) is 6.04. The Balaban J connectivity index is 2.03. The highest BCUT2D eigenvalue weighted by molar-refractivity contribution is 5.35. The van der Waals surface area contributed by atoms with E-state index in [4.69, 9.17) is 5.73 Å². The minimum absolute atomic E-state index is 0.0820. The van der Waals surface area contributed by atoms with Gasteiger partial charge in [-0.05, 0) is 31.1 Å². The van der Waals surface area contributed by atoms with Crippen LogP contribution >= 0.6 is 0 Å². The summed E-state index contributed by atoms with van der Waals surface area (Å²) in [6.07, 6.45) is 1.74. The highest BCUT2D eigenvalue weighted by Crippen LogP contribution is 2.13. The average Bonchev–Trinajstić information content (AvgIpc) is 2.73. The zero-order valence-electron chi connectivity index (χ0n) is 12.4. The van der Waals surface area contributed by atoms with E-state index in [1.165, 1.54) is 4.68 Å². The molecule has 0 aliphatic rings. The molecule has 2 rings (SSSR count). The van der Waals surface area contributed by atoms with Crippen LogP contribution in [0.4, 0.5) is 0 Å². The Labute approximate surface area is 118 Å². The molecule has 0 aliphatic heterocycles. The maximum absolute atomic E-state index is 12.1. The summed E-state index contributed by atoms with van der Waals surface area (Å²) < 4.78 is 3.07. The van der Waals surface area contributed by atoms with Gasteiger partial charge in [-0.15, -0.1) is 5.10 Å². The van der Waals surface area contributed by atoms with E-state index >= 15 is 0 Å². The van der Waals surface area contributed by atoms with Gasteiger partial charge in [0, 0.05) is 19.3 Å². The number of nitrogens with zero attached hydrogens (tertiary/aromatic N) is 4. The molecular formula is C14H23N5O. The molecule has 0 bridgehead atoms. The van der Waals surface area contributed by atoms with Crippen LogP contribution in [0.15, 0.2) is 29.2 Å². The first kappa shape index (κ1) is 14.7. The smallest absolute Gasteiger partial charge is 0.330 e. The van der Waals surface area contributed by atoms with E-state index in [0.717, 1.165) is 13.1 Å². The fourth-order valence-electron chi connectivity index (χ4n) is 2.25. The predicted octanol–water partition coefficient (Wildman–Crippen LogP) is 0.413. The van der Waals surface area contributed by atoms with Gasteiger partial charge >= 0.3 is 5.69 Å². The summed E-state index contributed by atoms with van der Waals surface area (Å²) in [6.45, 7) is 7.17. The molecule has 0 radical (unpaired) electrons. The van der Waals surface area contributed by atoms with Crippen molar-refractivity contribution in [2.45, 2.75) is 20.4 Å². The molecule has 2 aromatic heterocycles. The summed E-state index contributed by atoms with van der Waals surface area (Å²) in [5, 5.41) is 4.32. The topological polar surface area (TPSA) is 68.6 Å². The Kier molecular flexibility index (Phi) is 4.25. The molecule has 110 valence electrons. The largest absolute Gasteiger partial charge is 0.350 e. The zero-order valence-corrected chi connectivity index (χ0v) is 12.4. The van der Waals surface area contributed by atoms with Gasteiger partial charge in [-0.2, -0.15) is 0 Å². The first-order valence-electron chi connectivity index (χ1n) is 6.86. The van der Waals surface area contributed by atoms with E-state index in [-0.39, 0.29) is 11.1 Å². The Morgan fingerprint density at radius 1 is 1.40 bits per heavy atom. The standard InChI is InChI=1S/C14H23N5O/c1-14(2,10-15)11-17(3)8-9-19-13(20)18-7-5-4-6-12(18)16-19/h4-7H,8-11,15H2,1-3H3. The van der Waals surface area contributed by atoms with Crippen LogP contribution in [0, 0.1) is 5.41 Å². The highest BCUT2D eigenvalue weighted by atomic mass is 16.2. The summed E-state index contributed by atoms with van der Waals surface area (Å²) >= 11 is 0. The van der Waals surface area contributed by atoms with Gasteiger partial charge < -0.3 is 10.6 Å². The van der Waals surface area contributed by atoms with Crippen molar-refractivity contribution in [1.82, 2.24) is 19.1 Å². The third kappa shape index (κ3) is 3.26. The van der Waals surface area contributed by atoms with Gasteiger partial charge in [0.25, 0.3) is 0 Å². The van der Waals surface area contributed by atoms with Gasteiger partial charge in [0.05, 0.1) is 6.54 Å².